The number of aldehydes is 1. The van der Waals surface area contributed by atoms with Crippen molar-refractivity contribution in [2.24, 2.45) is 11.3 Å². The maximum Gasteiger partial charge on any atom is 0.191 e. The van der Waals surface area contributed by atoms with E-state index in [4.69, 9.17) is 16.0 Å². The summed E-state index contributed by atoms with van der Waals surface area (Å²) in [7, 11) is -1.95. The van der Waals surface area contributed by atoms with Crippen LogP contribution in [0.4, 0.5) is 4.39 Å². The normalized spacial score (nSPS) is 14.8. The minimum absolute atomic E-state index is 0.0159. The van der Waals surface area contributed by atoms with E-state index in [1.165, 1.54) is 6.07 Å². The van der Waals surface area contributed by atoms with Gasteiger partial charge in [0.15, 0.2) is 8.32 Å². The molecule has 0 aliphatic heterocycles. The number of rotatable bonds is 8. The summed E-state index contributed by atoms with van der Waals surface area (Å²) < 4.78 is 20.8. The van der Waals surface area contributed by atoms with Crippen LogP contribution in [0, 0.1) is 17.2 Å². The maximum absolute atomic E-state index is 14.2. The molecule has 0 saturated carbocycles. The number of aromatic nitrogens is 1. The van der Waals surface area contributed by atoms with Gasteiger partial charge >= 0.3 is 0 Å². The zero-order valence-electron chi connectivity index (χ0n) is 20.6. The van der Waals surface area contributed by atoms with Crippen molar-refractivity contribution < 1.29 is 13.6 Å². The molecule has 2 rings (SSSR count). The van der Waals surface area contributed by atoms with Gasteiger partial charge < -0.3 is 9.22 Å². The largest absolute Gasteiger partial charge is 0.416 e. The molecule has 0 radical (unpaired) electrons. The molecule has 6 heteroatoms. The number of pyridine rings is 1. The summed E-state index contributed by atoms with van der Waals surface area (Å²) in [5.74, 6) is -0.797. The van der Waals surface area contributed by atoms with E-state index in [0.717, 1.165) is 11.8 Å². The second kappa shape index (κ2) is 10.1. The molecular weight excluding hydrogens is 441 g/mol. The Morgan fingerprint density at radius 3 is 2.28 bits per heavy atom. The van der Waals surface area contributed by atoms with Gasteiger partial charge in [-0.1, -0.05) is 71.3 Å². The molecule has 1 heterocycles. The van der Waals surface area contributed by atoms with E-state index >= 15 is 0 Å². The molecule has 0 amide bonds. The van der Waals surface area contributed by atoms with Crippen molar-refractivity contribution in [3.05, 3.63) is 64.2 Å². The first-order valence-corrected chi connectivity index (χ1v) is 14.4. The molecule has 1 aromatic heterocycles. The molecule has 2 atom stereocenters. The van der Waals surface area contributed by atoms with Gasteiger partial charge in [0, 0.05) is 25.1 Å². The predicted molar refractivity (Wildman–Crippen MR) is 133 cm³/mol. The van der Waals surface area contributed by atoms with Crippen molar-refractivity contribution in [2.45, 2.75) is 72.0 Å². The lowest BCUT2D eigenvalue weighted by Gasteiger charge is -2.41. The molecule has 176 valence electrons. The SMILES string of the molecule is CC(C)(C)[C@@H](CO[Si](C)(C)C(C)(C)C)C(C=O)c1ccc(Cc2cccc(Cl)c2F)cn1. The smallest absolute Gasteiger partial charge is 0.191 e. The Morgan fingerprint density at radius 2 is 1.78 bits per heavy atom. The van der Waals surface area contributed by atoms with Gasteiger partial charge in [0.1, 0.15) is 12.1 Å². The molecule has 0 bridgehead atoms. The number of carbonyl (C=O) groups excluding carboxylic acids is 1. The molecule has 0 N–H and O–H groups in total. The highest BCUT2D eigenvalue weighted by atomic mass is 35.5. The third-order valence-corrected chi connectivity index (χ3v) is 11.5. The van der Waals surface area contributed by atoms with Gasteiger partial charge in [0.2, 0.25) is 0 Å². The molecule has 1 aromatic carbocycles. The van der Waals surface area contributed by atoms with Crippen LogP contribution in [0.15, 0.2) is 36.5 Å². The molecule has 0 aliphatic rings. The summed E-state index contributed by atoms with van der Waals surface area (Å²) in [6.45, 7) is 18.0. The molecule has 2 aromatic rings. The molecule has 0 spiro atoms. The highest BCUT2D eigenvalue weighted by molar-refractivity contribution is 6.74. The van der Waals surface area contributed by atoms with Gasteiger partial charge in [-0.15, -0.1) is 0 Å². The average Bonchev–Trinajstić information content (AvgIpc) is 2.67. The fourth-order valence-electron chi connectivity index (χ4n) is 3.42. The summed E-state index contributed by atoms with van der Waals surface area (Å²) in [5, 5.41) is 0.213. The van der Waals surface area contributed by atoms with Crippen LogP contribution in [0.25, 0.3) is 0 Å². The van der Waals surface area contributed by atoms with E-state index in [9.17, 15) is 9.18 Å². The van der Waals surface area contributed by atoms with Crippen LogP contribution in [0.1, 0.15) is 64.3 Å². The highest BCUT2D eigenvalue weighted by Crippen LogP contribution is 2.41. The van der Waals surface area contributed by atoms with Crippen molar-refractivity contribution >= 4 is 26.2 Å². The number of benzene rings is 1. The Labute approximate surface area is 198 Å². The molecule has 1 unspecified atom stereocenters. The standard InChI is InChI=1S/C26H37ClFNO2Si/c1-25(2,3)21(17-31-32(7,8)26(4,5)6)20(16-30)23-13-12-18(15-29-23)14-19-10-9-11-22(27)24(19)28/h9-13,15-16,20-21H,14,17H2,1-8H3/t20?,21-/m0/s1. The Morgan fingerprint density at radius 1 is 1.12 bits per heavy atom. The van der Waals surface area contributed by atoms with Crippen molar-refractivity contribution in [1.29, 1.82) is 0 Å². The summed E-state index contributed by atoms with van der Waals surface area (Å²) in [6.07, 6.45) is 3.10. The van der Waals surface area contributed by atoms with E-state index in [2.05, 4.69) is 59.6 Å². The van der Waals surface area contributed by atoms with Crippen LogP contribution < -0.4 is 0 Å². The van der Waals surface area contributed by atoms with E-state index in [1.54, 1.807) is 18.3 Å². The fourth-order valence-corrected chi connectivity index (χ4v) is 4.64. The van der Waals surface area contributed by atoms with Gasteiger partial charge in [0.25, 0.3) is 0 Å². The first-order chi connectivity index (χ1) is 14.7. The monoisotopic (exact) mass is 477 g/mol. The highest BCUT2D eigenvalue weighted by Gasteiger charge is 2.40. The minimum atomic E-state index is -1.95. The third-order valence-electron chi connectivity index (χ3n) is 6.74. The van der Waals surface area contributed by atoms with Crippen LogP contribution in [0.3, 0.4) is 0 Å². The van der Waals surface area contributed by atoms with Gasteiger partial charge in [-0.3, -0.25) is 4.98 Å². The topological polar surface area (TPSA) is 39.2 Å². The summed E-state index contributed by atoms with van der Waals surface area (Å²) >= 11 is 5.89. The molecule has 0 fully saturated rings. The lowest BCUT2D eigenvalue weighted by molar-refractivity contribution is -0.111. The summed E-state index contributed by atoms with van der Waals surface area (Å²) in [6, 6.07) is 8.78. The minimum Gasteiger partial charge on any atom is -0.416 e. The number of hydrogen-bond acceptors (Lipinski definition) is 3. The number of nitrogens with zero attached hydrogens (tertiary/aromatic N) is 1. The Kier molecular flexibility index (Phi) is 8.46. The van der Waals surface area contributed by atoms with Crippen molar-refractivity contribution in [3.63, 3.8) is 0 Å². The van der Waals surface area contributed by atoms with E-state index in [1.807, 2.05) is 12.1 Å². The van der Waals surface area contributed by atoms with Crippen LogP contribution in [-0.2, 0) is 15.6 Å². The van der Waals surface area contributed by atoms with Gasteiger partial charge in [-0.2, -0.15) is 0 Å². The summed E-state index contributed by atoms with van der Waals surface area (Å²) in [4.78, 5) is 16.8. The number of halogens is 2. The second-order valence-corrected chi connectivity index (χ2v) is 16.4. The van der Waals surface area contributed by atoms with Crippen LogP contribution in [-0.4, -0.2) is 26.2 Å². The maximum atomic E-state index is 14.2. The first-order valence-electron chi connectivity index (χ1n) is 11.1. The van der Waals surface area contributed by atoms with E-state index < -0.39 is 14.1 Å². The van der Waals surface area contributed by atoms with Gasteiger partial charge in [-0.05, 0) is 46.8 Å². The molecule has 0 aliphatic carbocycles. The number of hydrogen-bond donors (Lipinski definition) is 0. The van der Waals surface area contributed by atoms with Crippen molar-refractivity contribution in [2.75, 3.05) is 6.61 Å². The van der Waals surface area contributed by atoms with Gasteiger partial charge in [0.05, 0.1) is 16.6 Å². The van der Waals surface area contributed by atoms with E-state index in [-0.39, 0.29) is 27.3 Å². The number of carbonyl (C=O) groups is 1. The third kappa shape index (κ3) is 6.49. The zero-order valence-corrected chi connectivity index (χ0v) is 22.4. The summed E-state index contributed by atoms with van der Waals surface area (Å²) in [5.41, 5.74) is 1.96. The second-order valence-electron chi connectivity index (χ2n) is 11.2. The predicted octanol–water partition coefficient (Wildman–Crippen LogP) is 7.43. The Balaban J connectivity index is 2.25. The fraction of sp³-hybridized carbons (Fsp3) is 0.538. The molecule has 3 nitrogen and oxygen atoms in total. The lowest BCUT2D eigenvalue weighted by Crippen LogP contribution is -2.44. The quantitative estimate of drug-likeness (QED) is 0.293. The van der Waals surface area contributed by atoms with Crippen LogP contribution in [0.5, 0.6) is 0 Å². The Bertz CT molecular complexity index is 917. The first kappa shape index (κ1) is 26.7. The molecule has 32 heavy (non-hydrogen) atoms. The zero-order chi connectivity index (χ0) is 24.3. The molecular formula is C26H37ClFNO2Si. The van der Waals surface area contributed by atoms with Gasteiger partial charge in [-0.25, -0.2) is 4.39 Å². The van der Waals surface area contributed by atoms with Crippen LogP contribution in [0.2, 0.25) is 23.2 Å². The average molecular weight is 478 g/mol. The lowest BCUT2D eigenvalue weighted by atomic mass is 9.73. The van der Waals surface area contributed by atoms with Crippen molar-refractivity contribution in [3.8, 4) is 0 Å². The molecule has 0 saturated heterocycles. The van der Waals surface area contributed by atoms with Crippen LogP contribution >= 0.6 is 11.6 Å². The van der Waals surface area contributed by atoms with Crippen molar-refractivity contribution in [1.82, 2.24) is 4.98 Å². The van der Waals surface area contributed by atoms with E-state index in [0.29, 0.717) is 24.3 Å². The Hall–Kier alpha value is -1.56.